The van der Waals surface area contributed by atoms with Gasteiger partial charge in [0.05, 0.1) is 0 Å². The van der Waals surface area contributed by atoms with Gasteiger partial charge in [-0.2, -0.15) is 0 Å². The summed E-state index contributed by atoms with van der Waals surface area (Å²) in [7, 11) is 2.18. The van der Waals surface area contributed by atoms with E-state index < -0.39 is 0 Å². The zero-order valence-electron chi connectivity index (χ0n) is 10.4. The molecule has 94 valence electrons. The highest BCUT2D eigenvalue weighted by atomic mass is 35.5. The SMILES string of the molecule is CN1CCC(C)(CNc2cc(Cl)ncn2)CC1. The van der Waals surface area contributed by atoms with E-state index in [9.17, 15) is 0 Å². The second-order valence-corrected chi connectivity index (χ2v) is 5.58. The van der Waals surface area contributed by atoms with Crippen LogP contribution in [0.5, 0.6) is 0 Å². The molecule has 0 saturated carbocycles. The van der Waals surface area contributed by atoms with Gasteiger partial charge in [0.15, 0.2) is 0 Å². The van der Waals surface area contributed by atoms with E-state index in [-0.39, 0.29) is 0 Å². The third-order valence-electron chi connectivity index (χ3n) is 3.52. The molecule has 17 heavy (non-hydrogen) atoms. The summed E-state index contributed by atoms with van der Waals surface area (Å²) >= 11 is 5.82. The highest BCUT2D eigenvalue weighted by Gasteiger charge is 2.28. The lowest BCUT2D eigenvalue weighted by Gasteiger charge is -2.38. The lowest BCUT2D eigenvalue weighted by atomic mass is 9.80. The molecule has 0 atom stereocenters. The van der Waals surface area contributed by atoms with Crippen molar-refractivity contribution in [2.75, 3.05) is 32.0 Å². The molecule has 1 fully saturated rings. The lowest BCUT2D eigenvalue weighted by molar-refractivity contribution is 0.150. The summed E-state index contributed by atoms with van der Waals surface area (Å²) < 4.78 is 0. The monoisotopic (exact) mass is 254 g/mol. The van der Waals surface area contributed by atoms with Gasteiger partial charge in [-0.25, -0.2) is 9.97 Å². The van der Waals surface area contributed by atoms with E-state index in [2.05, 4.69) is 34.2 Å². The van der Waals surface area contributed by atoms with Crippen LogP contribution in [0.15, 0.2) is 12.4 Å². The Bertz CT molecular complexity index is 375. The van der Waals surface area contributed by atoms with Crippen LogP contribution in [-0.2, 0) is 0 Å². The lowest BCUT2D eigenvalue weighted by Crippen LogP contribution is -2.40. The molecule has 0 aromatic carbocycles. The molecular formula is C12H19ClN4. The number of aromatic nitrogens is 2. The van der Waals surface area contributed by atoms with Crippen LogP contribution in [0.4, 0.5) is 5.82 Å². The summed E-state index contributed by atoms with van der Waals surface area (Å²) in [6, 6.07) is 1.76. The molecule has 4 nitrogen and oxygen atoms in total. The summed E-state index contributed by atoms with van der Waals surface area (Å²) in [4.78, 5) is 10.4. The summed E-state index contributed by atoms with van der Waals surface area (Å²) in [5, 5.41) is 3.84. The number of hydrogen-bond acceptors (Lipinski definition) is 4. The van der Waals surface area contributed by atoms with Crippen molar-refractivity contribution in [1.29, 1.82) is 0 Å². The summed E-state index contributed by atoms with van der Waals surface area (Å²) in [5.41, 5.74) is 0.351. The van der Waals surface area contributed by atoms with Crippen LogP contribution in [-0.4, -0.2) is 41.5 Å². The molecule has 0 bridgehead atoms. The Balaban J connectivity index is 1.89. The molecule has 1 saturated heterocycles. The number of nitrogens with one attached hydrogen (secondary N) is 1. The molecule has 0 aliphatic carbocycles. The predicted molar refractivity (Wildman–Crippen MR) is 70.4 cm³/mol. The predicted octanol–water partition coefficient (Wildman–Crippen LogP) is 2.27. The third kappa shape index (κ3) is 3.54. The molecule has 5 heteroatoms. The van der Waals surface area contributed by atoms with Gasteiger partial charge in [0.25, 0.3) is 0 Å². The van der Waals surface area contributed by atoms with Gasteiger partial charge in [-0.15, -0.1) is 0 Å². The van der Waals surface area contributed by atoms with E-state index >= 15 is 0 Å². The number of halogens is 1. The van der Waals surface area contributed by atoms with Gasteiger partial charge >= 0.3 is 0 Å². The number of anilines is 1. The highest BCUT2D eigenvalue weighted by Crippen LogP contribution is 2.30. The van der Waals surface area contributed by atoms with Crippen molar-refractivity contribution in [3.05, 3.63) is 17.5 Å². The summed E-state index contributed by atoms with van der Waals surface area (Å²) in [6.45, 7) is 5.61. The van der Waals surface area contributed by atoms with E-state index in [1.54, 1.807) is 6.07 Å². The minimum Gasteiger partial charge on any atom is -0.369 e. The maximum absolute atomic E-state index is 5.82. The molecule has 1 N–H and O–H groups in total. The molecule has 2 heterocycles. The van der Waals surface area contributed by atoms with E-state index in [1.807, 2.05) is 0 Å². The van der Waals surface area contributed by atoms with Gasteiger partial charge in [0.1, 0.15) is 17.3 Å². The fourth-order valence-corrected chi connectivity index (χ4v) is 2.22. The van der Waals surface area contributed by atoms with E-state index in [1.165, 1.54) is 32.3 Å². The number of nitrogens with zero attached hydrogens (tertiary/aromatic N) is 3. The van der Waals surface area contributed by atoms with Crippen LogP contribution in [0.3, 0.4) is 0 Å². The first-order valence-corrected chi connectivity index (χ1v) is 6.35. The quantitative estimate of drug-likeness (QED) is 0.841. The van der Waals surface area contributed by atoms with Gasteiger partial charge in [-0.05, 0) is 38.4 Å². The molecule has 0 unspecified atom stereocenters. The van der Waals surface area contributed by atoms with Crippen molar-refractivity contribution in [2.24, 2.45) is 5.41 Å². The van der Waals surface area contributed by atoms with Crippen LogP contribution in [0, 0.1) is 5.41 Å². The molecule has 0 amide bonds. The minimum absolute atomic E-state index is 0.351. The normalized spacial score (nSPS) is 20.2. The number of rotatable bonds is 3. The van der Waals surface area contributed by atoms with Crippen molar-refractivity contribution < 1.29 is 0 Å². The maximum atomic E-state index is 5.82. The van der Waals surface area contributed by atoms with Gasteiger partial charge in [-0.3, -0.25) is 0 Å². The molecule has 1 aromatic heterocycles. The van der Waals surface area contributed by atoms with Crippen molar-refractivity contribution in [3.8, 4) is 0 Å². The smallest absolute Gasteiger partial charge is 0.134 e. The number of piperidine rings is 1. The average Bonchev–Trinajstić information content (AvgIpc) is 2.31. The second kappa shape index (κ2) is 5.19. The zero-order valence-corrected chi connectivity index (χ0v) is 11.2. The topological polar surface area (TPSA) is 41.0 Å². The molecule has 0 spiro atoms. The fraction of sp³-hybridized carbons (Fsp3) is 0.667. The van der Waals surface area contributed by atoms with Crippen LogP contribution >= 0.6 is 11.6 Å². The van der Waals surface area contributed by atoms with Crippen LogP contribution in [0.2, 0.25) is 5.15 Å². The van der Waals surface area contributed by atoms with Gasteiger partial charge in [0, 0.05) is 12.6 Å². The Labute approximate surface area is 107 Å². The van der Waals surface area contributed by atoms with Crippen molar-refractivity contribution in [1.82, 2.24) is 14.9 Å². The average molecular weight is 255 g/mol. The third-order valence-corrected chi connectivity index (χ3v) is 3.73. The van der Waals surface area contributed by atoms with Crippen LogP contribution < -0.4 is 5.32 Å². The Morgan fingerprint density at radius 1 is 1.41 bits per heavy atom. The molecule has 1 aliphatic heterocycles. The van der Waals surface area contributed by atoms with E-state index in [0.29, 0.717) is 10.6 Å². The Kier molecular flexibility index (Phi) is 3.84. The highest BCUT2D eigenvalue weighted by molar-refractivity contribution is 6.29. The van der Waals surface area contributed by atoms with Crippen molar-refractivity contribution in [3.63, 3.8) is 0 Å². The second-order valence-electron chi connectivity index (χ2n) is 5.19. The number of hydrogen-bond donors (Lipinski definition) is 1. The summed E-state index contributed by atoms with van der Waals surface area (Å²) in [5.74, 6) is 0.810. The minimum atomic E-state index is 0.351. The zero-order chi connectivity index (χ0) is 12.3. The Hall–Kier alpha value is -0.870. The molecule has 0 radical (unpaired) electrons. The first-order chi connectivity index (χ1) is 8.07. The van der Waals surface area contributed by atoms with E-state index in [0.717, 1.165) is 12.4 Å². The van der Waals surface area contributed by atoms with Crippen molar-refractivity contribution >= 4 is 17.4 Å². The van der Waals surface area contributed by atoms with Crippen LogP contribution in [0.1, 0.15) is 19.8 Å². The standard InChI is InChI=1S/C12H19ClN4/c1-12(3-5-17(2)6-4-12)8-14-11-7-10(13)15-9-16-11/h7,9H,3-6,8H2,1-2H3,(H,14,15,16). The number of likely N-dealkylation sites (tertiary alicyclic amines) is 1. The van der Waals surface area contributed by atoms with Gasteiger partial charge in [-0.1, -0.05) is 18.5 Å². The molecule has 1 aromatic rings. The van der Waals surface area contributed by atoms with Gasteiger partial charge < -0.3 is 10.2 Å². The first-order valence-electron chi connectivity index (χ1n) is 5.97. The Morgan fingerprint density at radius 2 is 2.12 bits per heavy atom. The fourth-order valence-electron chi connectivity index (χ4n) is 2.07. The largest absolute Gasteiger partial charge is 0.369 e. The molecule has 1 aliphatic rings. The van der Waals surface area contributed by atoms with E-state index in [4.69, 9.17) is 11.6 Å². The van der Waals surface area contributed by atoms with Gasteiger partial charge in [0.2, 0.25) is 0 Å². The summed E-state index contributed by atoms with van der Waals surface area (Å²) in [6.07, 6.45) is 3.92. The van der Waals surface area contributed by atoms with Crippen molar-refractivity contribution in [2.45, 2.75) is 19.8 Å². The van der Waals surface area contributed by atoms with Crippen LogP contribution in [0.25, 0.3) is 0 Å². The molecular weight excluding hydrogens is 236 g/mol. The maximum Gasteiger partial charge on any atom is 0.134 e. The Morgan fingerprint density at radius 3 is 2.76 bits per heavy atom. The first kappa shape index (κ1) is 12.6. The molecule has 2 rings (SSSR count).